The molecular weight excluding hydrogens is 569 g/mol. The summed E-state index contributed by atoms with van der Waals surface area (Å²) in [7, 11) is 1.96. The second kappa shape index (κ2) is 10.5. The monoisotopic (exact) mass is 596 g/mol. The summed E-state index contributed by atoms with van der Waals surface area (Å²) in [5.74, 6) is -2.09. The smallest absolute Gasteiger partial charge is 0.267 e. The minimum atomic E-state index is -0.795. The molecule has 1 aliphatic heterocycles. The van der Waals surface area contributed by atoms with Gasteiger partial charge in [0.1, 0.15) is 11.3 Å². The maximum Gasteiger partial charge on any atom is 0.267 e. The lowest BCUT2D eigenvalue weighted by Gasteiger charge is -2.34. The lowest BCUT2D eigenvalue weighted by Crippen LogP contribution is -2.45. The molecule has 0 saturated carbocycles. The lowest BCUT2D eigenvalue weighted by atomic mass is 10.1. The lowest BCUT2D eigenvalue weighted by molar-refractivity contribution is 0.102. The highest BCUT2D eigenvalue weighted by Gasteiger charge is 2.26. The predicted octanol–water partition coefficient (Wildman–Crippen LogP) is 4.67. The summed E-state index contributed by atoms with van der Waals surface area (Å²) >= 11 is 1.63. The van der Waals surface area contributed by atoms with Crippen molar-refractivity contribution >= 4 is 51.2 Å². The van der Waals surface area contributed by atoms with Crippen LogP contribution in [0.25, 0.3) is 10.9 Å². The van der Waals surface area contributed by atoms with Crippen molar-refractivity contribution < 1.29 is 16.6 Å². The van der Waals surface area contributed by atoms with E-state index in [2.05, 4.69) is 10.2 Å². The number of hydrogen-bond donors (Lipinski definition) is 1. The van der Waals surface area contributed by atoms with Gasteiger partial charge in [0.2, 0.25) is 0 Å². The first-order valence-electron chi connectivity index (χ1n) is 11.4. The first-order valence-corrected chi connectivity index (χ1v) is 12.3. The Hall–Kier alpha value is -2.73. The van der Waals surface area contributed by atoms with E-state index in [0.717, 1.165) is 12.1 Å². The largest absolute Gasteiger partial charge is 0.426 e. The van der Waals surface area contributed by atoms with Gasteiger partial charge in [-0.25, -0.2) is 8.78 Å². The number of nitrogens with one attached hydrogen (secondary N) is 1. The zero-order valence-electron chi connectivity index (χ0n) is 19.8. The van der Waals surface area contributed by atoms with Gasteiger partial charge in [0.15, 0.2) is 40.4 Å². The Balaban J connectivity index is 1.72. The molecular formula is C25H27F2IN4O3. The number of benzene rings is 2. The third-order valence-electron chi connectivity index (χ3n) is 6.07. The Bertz CT molecular complexity index is 1300. The number of amides is 1. The van der Waals surface area contributed by atoms with Crippen LogP contribution in [0.15, 0.2) is 41.2 Å². The molecule has 1 aromatic heterocycles. The Labute approximate surface area is 216 Å². The van der Waals surface area contributed by atoms with Gasteiger partial charge in [0, 0.05) is 43.8 Å². The number of fused-ring (bicyclic) bond motifs is 1. The van der Waals surface area contributed by atoms with Crippen molar-refractivity contribution in [3.63, 3.8) is 0 Å². The summed E-state index contributed by atoms with van der Waals surface area (Å²) in [6.45, 7) is 6.72. The standard InChI is InChI=1S/C25H27F2IN4O3/c1-15(2)14-32-20-7-5-4-6-17(20)23(35-28)21(25(32)34)24(33)29-16-12-18(26)22(19(27)13-16)31-10-8-30(3)9-11-31/h4-7,12-13,15H,8-11,14H2,1-3H3,(H,29,33). The Morgan fingerprint density at radius 2 is 1.74 bits per heavy atom. The average Bonchev–Trinajstić information content (AvgIpc) is 2.81. The van der Waals surface area contributed by atoms with Crippen molar-refractivity contribution in [1.29, 1.82) is 0 Å². The molecule has 35 heavy (non-hydrogen) atoms. The number of carbonyl (C=O) groups is 1. The second-order valence-corrected chi connectivity index (χ2v) is 9.58. The van der Waals surface area contributed by atoms with E-state index in [1.807, 2.05) is 27.0 Å². The number of para-hydroxylation sites is 1. The molecule has 1 saturated heterocycles. The molecule has 7 nitrogen and oxygen atoms in total. The van der Waals surface area contributed by atoms with Gasteiger partial charge in [-0.3, -0.25) is 9.59 Å². The molecule has 0 unspecified atom stereocenters. The number of anilines is 2. The highest BCUT2D eigenvalue weighted by atomic mass is 127. The summed E-state index contributed by atoms with van der Waals surface area (Å²) in [5, 5.41) is 3.09. The van der Waals surface area contributed by atoms with Gasteiger partial charge in [-0.1, -0.05) is 26.0 Å². The molecule has 3 aromatic rings. The number of aromatic nitrogens is 1. The van der Waals surface area contributed by atoms with Gasteiger partial charge < -0.3 is 22.8 Å². The zero-order valence-corrected chi connectivity index (χ0v) is 21.9. The molecule has 1 N–H and O–H groups in total. The molecule has 2 heterocycles. The summed E-state index contributed by atoms with van der Waals surface area (Å²) < 4.78 is 36.9. The molecule has 0 radical (unpaired) electrons. The van der Waals surface area contributed by atoms with Gasteiger partial charge in [-0.05, 0) is 37.2 Å². The SMILES string of the molecule is CC(C)Cn1c(=O)c(C(=O)Nc2cc(F)c(N3CCN(C)CC3)c(F)c2)c(OI)c2ccccc21. The maximum atomic E-state index is 14.9. The maximum absolute atomic E-state index is 14.9. The van der Waals surface area contributed by atoms with Crippen LogP contribution in [0.3, 0.4) is 0 Å². The number of nitrogens with zero attached hydrogens (tertiary/aromatic N) is 3. The fourth-order valence-corrected chi connectivity index (χ4v) is 4.82. The van der Waals surface area contributed by atoms with E-state index >= 15 is 0 Å². The Morgan fingerprint density at radius 1 is 1.11 bits per heavy atom. The summed E-state index contributed by atoms with van der Waals surface area (Å²) in [6.07, 6.45) is 0. The number of hydrogen-bond acceptors (Lipinski definition) is 5. The third-order valence-corrected chi connectivity index (χ3v) is 6.51. The fourth-order valence-electron chi connectivity index (χ4n) is 4.37. The van der Waals surface area contributed by atoms with Crippen LogP contribution in [0.1, 0.15) is 24.2 Å². The topological polar surface area (TPSA) is 66.8 Å². The van der Waals surface area contributed by atoms with Crippen LogP contribution in [0.4, 0.5) is 20.2 Å². The number of piperazine rings is 1. The molecule has 2 aromatic carbocycles. The predicted molar refractivity (Wildman–Crippen MR) is 142 cm³/mol. The van der Waals surface area contributed by atoms with Crippen LogP contribution in [0, 0.1) is 17.6 Å². The van der Waals surface area contributed by atoms with E-state index in [4.69, 9.17) is 3.07 Å². The molecule has 0 bridgehead atoms. The number of halogens is 3. The van der Waals surface area contributed by atoms with Crippen molar-refractivity contribution in [3.05, 3.63) is 63.9 Å². The number of rotatable bonds is 6. The molecule has 0 spiro atoms. The van der Waals surface area contributed by atoms with E-state index in [1.54, 1.807) is 46.1 Å². The van der Waals surface area contributed by atoms with E-state index in [0.29, 0.717) is 43.6 Å². The first-order chi connectivity index (χ1) is 16.7. The van der Waals surface area contributed by atoms with Crippen molar-refractivity contribution in [2.45, 2.75) is 20.4 Å². The second-order valence-electron chi connectivity index (χ2n) is 9.14. The van der Waals surface area contributed by atoms with Crippen molar-refractivity contribution in [3.8, 4) is 5.75 Å². The fraction of sp³-hybridized carbons (Fsp3) is 0.360. The van der Waals surface area contributed by atoms with E-state index < -0.39 is 23.1 Å². The van der Waals surface area contributed by atoms with Gasteiger partial charge in [-0.2, -0.15) is 0 Å². The summed E-state index contributed by atoms with van der Waals surface area (Å²) in [6, 6.07) is 9.31. The van der Waals surface area contributed by atoms with Gasteiger partial charge in [0.25, 0.3) is 11.5 Å². The van der Waals surface area contributed by atoms with Crippen LogP contribution in [0.5, 0.6) is 5.75 Å². The van der Waals surface area contributed by atoms with Crippen LogP contribution < -0.4 is 18.8 Å². The number of likely N-dealkylation sites (N-methyl/N-ethyl adjacent to an activating group) is 1. The minimum absolute atomic E-state index is 0.0785. The van der Waals surface area contributed by atoms with Crippen LogP contribution in [0.2, 0.25) is 0 Å². The zero-order chi connectivity index (χ0) is 25.3. The Kier molecular flexibility index (Phi) is 7.60. The molecule has 1 fully saturated rings. The van der Waals surface area contributed by atoms with Gasteiger partial charge >= 0.3 is 0 Å². The van der Waals surface area contributed by atoms with Gasteiger partial charge in [0.05, 0.1) is 5.52 Å². The summed E-state index contributed by atoms with van der Waals surface area (Å²) in [5.41, 5.74) is -0.301. The van der Waals surface area contributed by atoms with Crippen LogP contribution in [-0.4, -0.2) is 48.6 Å². The quantitative estimate of drug-likeness (QED) is 0.420. The average molecular weight is 596 g/mol. The molecule has 4 rings (SSSR count). The van der Waals surface area contributed by atoms with E-state index in [9.17, 15) is 18.4 Å². The van der Waals surface area contributed by atoms with Crippen LogP contribution in [-0.2, 0) is 6.54 Å². The van der Waals surface area contributed by atoms with Crippen molar-refractivity contribution in [1.82, 2.24) is 9.47 Å². The molecule has 0 atom stereocenters. The van der Waals surface area contributed by atoms with Crippen LogP contribution >= 0.6 is 23.0 Å². The first kappa shape index (κ1) is 25.4. The molecule has 1 amide bonds. The summed E-state index contributed by atoms with van der Waals surface area (Å²) in [4.78, 5) is 30.4. The number of carbonyl (C=O) groups excluding carboxylic acids is 1. The minimum Gasteiger partial charge on any atom is -0.426 e. The number of pyridine rings is 1. The third kappa shape index (κ3) is 5.13. The molecule has 0 aliphatic carbocycles. The molecule has 1 aliphatic rings. The van der Waals surface area contributed by atoms with E-state index in [-0.39, 0.29) is 28.6 Å². The van der Waals surface area contributed by atoms with Crippen molar-refractivity contribution in [2.24, 2.45) is 5.92 Å². The van der Waals surface area contributed by atoms with Crippen molar-refractivity contribution in [2.75, 3.05) is 43.4 Å². The Morgan fingerprint density at radius 3 is 2.34 bits per heavy atom. The van der Waals surface area contributed by atoms with E-state index in [1.165, 1.54) is 4.57 Å². The van der Waals surface area contributed by atoms with Gasteiger partial charge in [-0.15, -0.1) is 0 Å². The highest BCUT2D eigenvalue weighted by Crippen LogP contribution is 2.32. The molecule has 186 valence electrons. The molecule has 10 heteroatoms. The highest BCUT2D eigenvalue weighted by molar-refractivity contribution is 14.1. The normalized spacial score (nSPS) is 14.5.